The maximum absolute atomic E-state index is 12.5. The van der Waals surface area contributed by atoms with E-state index in [1.165, 1.54) is 13.8 Å². The predicted octanol–water partition coefficient (Wildman–Crippen LogP) is 1.83. The van der Waals surface area contributed by atoms with Crippen molar-refractivity contribution < 1.29 is 35.3 Å². The van der Waals surface area contributed by atoms with E-state index in [-0.39, 0.29) is 12.0 Å². The van der Waals surface area contributed by atoms with Crippen molar-refractivity contribution in [3.63, 3.8) is 0 Å². The van der Waals surface area contributed by atoms with E-state index in [1.54, 1.807) is 13.8 Å². The van der Waals surface area contributed by atoms with Gasteiger partial charge in [0, 0.05) is 17.5 Å². The molecule has 6 nitrogen and oxygen atoms in total. The van der Waals surface area contributed by atoms with Gasteiger partial charge in [0.15, 0.2) is 0 Å². The van der Waals surface area contributed by atoms with E-state index >= 15 is 0 Å². The lowest BCUT2D eigenvalue weighted by Crippen LogP contribution is -2.58. The lowest BCUT2D eigenvalue weighted by Gasteiger charge is -2.43. The molecule has 0 fully saturated rings. The number of rotatable bonds is 3. The minimum Gasteiger partial charge on any atom is -0.466 e. The van der Waals surface area contributed by atoms with Crippen LogP contribution in [0, 0.1) is 0 Å². The SMILES string of the molecule is COC(=O)C1=C(OS(=O)(=O)C(F)(F)F)CC(C)(C)NC1(C)C. The van der Waals surface area contributed by atoms with Crippen LogP contribution in [0.25, 0.3) is 0 Å². The highest BCUT2D eigenvalue weighted by atomic mass is 32.2. The molecule has 1 heterocycles. The van der Waals surface area contributed by atoms with Crippen LogP contribution >= 0.6 is 0 Å². The Bertz CT molecular complexity index is 605. The second-order valence-electron chi connectivity index (χ2n) is 6.08. The molecule has 22 heavy (non-hydrogen) atoms. The minimum absolute atomic E-state index is 0.226. The summed E-state index contributed by atoms with van der Waals surface area (Å²) in [5, 5.41) is 3.04. The molecule has 0 aromatic heterocycles. The molecule has 0 amide bonds. The van der Waals surface area contributed by atoms with Gasteiger partial charge in [-0.25, -0.2) is 4.79 Å². The molecule has 128 valence electrons. The Hall–Kier alpha value is -1.29. The van der Waals surface area contributed by atoms with Crippen LogP contribution in [-0.2, 0) is 23.8 Å². The number of methoxy groups -OCH3 is 1. The number of hydrogen-bond acceptors (Lipinski definition) is 6. The van der Waals surface area contributed by atoms with Gasteiger partial charge < -0.3 is 14.2 Å². The minimum atomic E-state index is -5.87. The number of carbonyl (C=O) groups excluding carboxylic acids is 1. The van der Waals surface area contributed by atoms with Gasteiger partial charge in [-0.3, -0.25) is 0 Å². The Morgan fingerprint density at radius 1 is 1.23 bits per heavy atom. The maximum atomic E-state index is 12.5. The van der Waals surface area contributed by atoms with E-state index in [0.717, 1.165) is 7.11 Å². The summed E-state index contributed by atoms with van der Waals surface area (Å²) in [4.78, 5) is 11.9. The van der Waals surface area contributed by atoms with Gasteiger partial charge in [0.05, 0.1) is 12.7 Å². The van der Waals surface area contributed by atoms with Crippen molar-refractivity contribution in [2.75, 3.05) is 7.11 Å². The lowest BCUT2D eigenvalue weighted by atomic mass is 9.81. The Kier molecular flexibility index (Phi) is 4.61. The molecule has 1 aliphatic rings. The summed E-state index contributed by atoms with van der Waals surface area (Å²) in [6, 6.07) is 0. The van der Waals surface area contributed by atoms with Gasteiger partial charge in [0.25, 0.3) is 0 Å². The highest BCUT2D eigenvalue weighted by Crippen LogP contribution is 2.38. The van der Waals surface area contributed by atoms with Crippen molar-refractivity contribution in [2.24, 2.45) is 0 Å². The van der Waals surface area contributed by atoms with Gasteiger partial charge in [-0.1, -0.05) is 0 Å². The highest BCUT2D eigenvalue weighted by molar-refractivity contribution is 7.87. The summed E-state index contributed by atoms with van der Waals surface area (Å²) < 4.78 is 68.8. The Morgan fingerprint density at radius 3 is 2.14 bits per heavy atom. The number of esters is 1. The third-order valence-corrected chi connectivity index (χ3v) is 4.03. The van der Waals surface area contributed by atoms with E-state index in [9.17, 15) is 26.4 Å². The lowest BCUT2D eigenvalue weighted by molar-refractivity contribution is -0.137. The largest absolute Gasteiger partial charge is 0.534 e. The zero-order valence-electron chi connectivity index (χ0n) is 12.8. The van der Waals surface area contributed by atoms with Crippen molar-refractivity contribution in [2.45, 2.75) is 50.7 Å². The van der Waals surface area contributed by atoms with Gasteiger partial charge in [-0.05, 0) is 27.7 Å². The molecule has 1 rings (SSSR count). The summed E-state index contributed by atoms with van der Waals surface area (Å²) in [5.41, 5.74) is -7.79. The van der Waals surface area contributed by atoms with Crippen LogP contribution in [0.4, 0.5) is 13.2 Å². The number of alkyl halides is 3. The van der Waals surface area contributed by atoms with Gasteiger partial charge >= 0.3 is 21.6 Å². The van der Waals surface area contributed by atoms with Crippen LogP contribution < -0.4 is 5.32 Å². The fourth-order valence-electron chi connectivity index (χ4n) is 2.51. The molecular formula is C12H18F3NO5S. The fourth-order valence-corrected chi connectivity index (χ4v) is 3.01. The van der Waals surface area contributed by atoms with Gasteiger partial charge in [-0.15, -0.1) is 0 Å². The second kappa shape index (κ2) is 5.41. The number of carbonyl (C=O) groups is 1. The summed E-state index contributed by atoms with van der Waals surface area (Å²) >= 11 is 0. The van der Waals surface area contributed by atoms with E-state index in [0.29, 0.717) is 0 Å². The molecule has 0 spiro atoms. The maximum Gasteiger partial charge on any atom is 0.534 e. The zero-order valence-corrected chi connectivity index (χ0v) is 13.6. The summed E-state index contributed by atoms with van der Waals surface area (Å²) in [6.45, 7) is 6.33. The van der Waals surface area contributed by atoms with Crippen molar-refractivity contribution >= 4 is 16.1 Å². The van der Waals surface area contributed by atoms with Crippen molar-refractivity contribution in [1.82, 2.24) is 5.32 Å². The fraction of sp³-hybridized carbons (Fsp3) is 0.750. The molecule has 0 unspecified atom stereocenters. The summed E-state index contributed by atoms with van der Waals surface area (Å²) in [7, 11) is -4.82. The first kappa shape index (κ1) is 18.8. The smallest absolute Gasteiger partial charge is 0.466 e. The highest BCUT2D eigenvalue weighted by Gasteiger charge is 2.51. The second-order valence-corrected chi connectivity index (χ2v) is 7.62. The average Bonchev–Trinajstić information content (AvgIpc) is 2.22. The third kappa shape index (κ3) is 3.72. The van der Waals surface area contributed by atoms with E-state index in [2.05, 4.69) is 14.2 Å². The van der Waals surface area contributed by atoms with Crippen LogP contribution in [0.2, 0.25) is 0 Å². The number of ether oxygens (including phenoxy) is 1. The topological polar surface area (TPSA) is 81.7 Å². The van der Waals surface area contributed by atoms with Crippen LogP contribution in [0.15, 0.2) is 11.3 Å². The monoisotopic (exact) mass is 345 g/mol. The van der Waals surface area contributed by atoms with Crippen LogP contribution in [-0.4, -0.2) is 38.1 Å². The van der Waals surface area contributed by atoms with E-state index < -0.39 is 38.4 Å². The van der Waals surface area contributed by atoms with Crippen molar-refractivity contribution in [3.8, 4) is 0 Å². The predicted molar refractivity (Wildman–Crippen MR) is 71.0 cm³/mol. The molecule has 0 bridgehead atoms. The molecule has 0 atom stereocenters. The quantitative estimate of drug-likeness (QED) is 0.477. The van der Waals surface area contributed by atoms with Crippen LogP contribution in [0.5, 0.6) is 0 Å². The molecule has 10 heteroatoms. The van der Waals surface area contributed by atoms with Crippen molar-refractivity contribution in [1.29, 1.82) is 0 Å². The Balaban J connectivity index is 3.47. The molecule has 1 N–H and O–H groups in total. The molecule has 0 radical (unpaired) electrons. The average molecular weight is 345 g/mol. The molecule has 0 aromatic rings. The van der Waals surface area contributed by atoms with Gasteiger partial charge in [0.2, 0.25) is 0 Å². The number of nitrogens with one attached hydrogen (secondary N) is 1. The normalized spacial score (nSPS) is 21.5. The molecule has 0 aliphatic carbocycles. The number of halogens is 3. The van der Waals surface area contributed by atoms with Crippen LogP contribution in [0.1, 0.15) is 34.1 Å². The van der Waals surface area contributed by atoms with Crippen LogP contribution in [0.3, 0.4) is 0 Å². The molecule has 0 saturated heterocycles. The first-order chi connectivity index (χ1) is 9.63. The Labute approximate surface area is 126 Å². The molecule has 1 aliphatic heterocycles. The van der Waals surface area contributed by atoms with E-state index in [4.69, 9.17) is 0 Å². The summed E-state index contributed by atoms with van der Waals surface area (Å²) in [5.74, 6) is -1.53. The van der Waals surface area contributed by atoms with Crippen molar-refractivity contribution in [3.05, 3.63) is 11.3 Å². The molecule has 0 saturated carbocycles. The molecule has 0 aromatic carbocycles. The molecular weight excluding hydrogens is 327 g/mol. The van der Waals surface area contributed by atoms with Gasteiger partial charge in [0.1, 0.15) is 5.76 Å². The standard InChI is InChI=1S/C12H18F3NO5S/c1-10(2)6-7(21-22(18,19)12(13,14)15)8(9(17)20-5)11(3,4)16-10/h16H,6H2,1-5H3. The Morgan fingerprint density at radius 2 is 1.73 bits per heavy atom. The summed E-state index contributed by atoms with van der Waals surface area (Å²) in [6.07, 6.45) is -0.226. The van der Waals surface area contributed by atoms with E-state index in [1.807, 2.05) is 0 Å². The zero-order chi connectivity index (χ0) is 17.6. The first-order valence-electron chi connectivity index (χ1n) is 6.25. The first-order valence-corrected chi connectivity index (χ1v) is 7.66. The third-order valence-electron chi connectivity index (χ3n) is 3.04. The van der Waals surface area contributed by atoms with Gasteiger partial charge in [-0.2, -0.15) is 21.6 Å². The number of hydrogen-bond donors (Lipinski definition) is 1.